The second kappa shape index (κ2) is 5.41. The molecule has 0 saturated heterocycles. The van der Waals surface area contributed by atoms with Crippen molar-refractivity contribution in [2.75, 3.05) is 0 Å². The number of H-pyrrole nitrogens is 1. The van der Waals surface area contributed by atoms with Crippen molar-refractivity contribution >= 4 is 28.1 Å². The number of aromatic amines is 1. The van der Waals surface area contributed by atoms with Crippen molar-refractivity contribution in [3.05, 3.63) is 62.6 Å². The smallest absolute Gasteiger partial charge is 0.265 e. The number of hydrogen-bond acceptors (Lipinski definition) is 4. The summed E-state index contributed by atoms with van der Waals surface area (Å²) in [4.78, 5) is 27.7. The number of rotatable bonds is 3. The number of para-hydroxylation sites is 1. The van der Waals surface area contributed by atoms with Crippen molar-refractivity contribution < 1.29 is 9.90 Å². The van der Waals surface area contributed by atoms with Crippen LogP contribution < -0.4 is 10.9 Å². The fourth-order valence-corrected chi connectivity index (χ4v) is 2.75. The van der Waals surface area contributed by atoms with E-state index in [0.717, 1.165) is 4.88 Å². The van der Waals surface area contributed by atoms with E-state index in [1.165, 1.54) is 11.3 Å². The number of aromatic hydroxyl groups is 1. The summed E-state index contributed by atoms with van der Waals surface area (Å²) < 4.78 is 0. The molecule has 21 heavy (non-hydrogen) atoms. The minimum Gasteiger partial charge on any atom is -0.506 e. The quantitative estimate of drug-likeness (QED) is 0.693. The van der Waals surface area contributed by atoms with E-state index >= 15 is 0 Å². The second-order valence-electron chi connectivity index (χ2n) is 4.49. The van der Waals surface area contributed by atoms with Crippen LogP contribution in [0.25, 0.3) is 10.9 Å². The van der Waals surface area contributed by atoms with Crippen LogP contribution in [-0.2, 0) is 6.54 Å². The third-order valence-corrected chi connectivity index (χ3v) is 4.00. The summed E-state index contributed by atoms with van der Waals surface area (Å²) in [5.41, 5.74) is -0.366. The first-order valence-corrected chi connectivity index (χ1v) is 7.19. The first-order valence-electron chi connectivity index (χ1n) is 6.31. The molecule has 3 aromatic rings. The Hall–Kier alpha value is -2.60. The Kier molecular flexibility index (Phi) is 3.45. The maximum absolute atomic E-state index is 12.1. The number of nitrogens with one attached hydrogen (secondary N) is 2. The van der Waals surface area contributed by atoms with Crippen molar-refractivity contribution in [2.45, 2.75) is 6.54 Å². The zero-order valence-corrected chi connectivity index (χ0v) is 11.7. The Balaban J connectivity index is 1.96. The van der Waals surface area contributed by atoms with Gasteiger partial charge in [0.2, 0.25) is 0 Å². The maximum Gasteiger partial charge on any atom is 0.265 e. The predicted octanol–water partition coefficient (Wildman–Crippen LogP) is 2.23. The fraction of sp³-hybridized carbons (Fsp3) is 0.0667. The van der Waals surface area contributed by atoms with E-state index in [0.29, 0.717) is 17.4 Å². The zero-order chi connectivity index (χ0) is 14.8. The Morgan fingerprint density at radius 3 is 2.81 bits per heavy atom. The van der Waals surface area contributed by atoms with Crippen LogP contribution in [0.1, 0.15) is 15.2 Å². The van der Waals surface area contributed by atoms with Gasteiger partial charge in [0.05, 0.1) is 12.1 Å². The summed E-state index contributed by atoms with van der Waals surface area (Å²) in [6.45, 7) is 0.322. The Labute approximate surface area is 123 Å². The topological polar surface area (TPSA) is 82.2 Å². The molecule has 0 saturated carbocycles. The van der Waals surface area contributed by atoms with Crippen molar-refractivity contribution in [3.8, 4) is 5.75 Å². The molecule has 3 rings (SSSR count). The molecule has 106 valence electrons. The van der Waals surface area contributed by atoms with Crippen LogP contribution in [0.5, 0.6) is 5.75 Å². The number of fused-ring (bicyclic) bond motifs is 1. The molecule has 6 heteroatoms. The summed E-state index contributed by atoms with van der Waals surface area (Å²) >= 11 is 1.51. The molecule has 0 radical (unpaired) electrons. The van der Waals surface area contributed by atoms with Gasteiger partial charge in [-0.2, -0.15) is 0 Å². The molecular weight excluding hydrogens is 288 g/mol. The van der Waals surface area contributed by atoms with Gasteiger partial charge in [0.25, 0.3) is 11.5 Å². The largest absolute Gasteiger partial charge is 0.506 e. The highest BCUT2D eigenvalue weighted by Gasteiger charge is 2.18. The predicted molar refractivity (Wildman–Crippen MR) is 81.7 cm³/mol. The van der Waals surface area contributed by atoms with Gasteiger partial charge in [-0.25, -0.2) is 0 Å². The summed E-state index contributed by atoms with van der Waals surface area (Å²) in [6, 6.07) is 10.6. The lowest BCUT2D eigenvalue weighted by Crippen LogP contribution is -2.29. The fourth-order valence-electron chi connectivity index (χ4n) is 2.11. The molecule has 0 atom stereocenters. The Morgan fingerprint density at radius 1 is 1.24 bits per heavy atom. The van der Waals surface area contributed by atoms with Crippen LogP contribution >= 0.6 is 11.3 Å². The highest BCUT2D eigenvalue weighted by atomic mass is 32.1. The van der Waals surface area contributed by atoms with Gasteiger partial charge in [-0.05, 0) is 23.6 Å². The van der Waals surface area contributed by atoms with E-state index in [9.17, 15) is 14.7 Å². The molecule has 0 bridgehead atoms. The molecule has 1 aromatic carbocycles. The number of thiophene rings is 1. The number of benzene rings is 1. The van der Waals surface area contributed by atoms with E-state index in [4.69, 9.17) is 0 Å². The molecule has 0 fully saturated rings. The average molecular weight is 300 g/mol. The normalized spacial score (nSPS) is 10.7. The number of carbonyl (C=O) groups is 1. The molecule has 1 amide bonds. The number of hydrogen-bond donors (Lipinski definition) is 3. The first kappa shape index (κ1) is 13.4. The minimum absolute atomic E-state index is 0.259. The highest BCUT2D eigenvalue weighted by Crippen LogP contribution is 2.24. The van der Waals surface area contributed by atoms with E-state index in [1.54, 1.807) is 24.3 Å². The van der Waals surface area contributed by atoms with E-state index in [2.05, 4.69) is 10.3 Å². The van der Waals surface area contributed by atoms with Crippen LogP contribution in [-0.4, -0.2) is 16.0 Å². The van der Waals surface area contributed by atoms with Crippen molar-refractivity contribution in [1.82, 2.24) is 10.3 Å². The van der Waals surface area contributed by atoms with Gasteiger partial charge in [0, 0.05) is 10.3 Å². The number of amides is 1. The second-order valence-corrected chi connectivity index (χ2v) is 5.52. The number of carbonyl (C=O) groups excluding carboxylic acids is 1. The molecule has 2 aromatic heterocycles. The lowest BCUT2D eigenvalue weighted by Gasteiger charge is -2.07. The van der Waals surface area contributed by atoms with Crippen LogP contribution in [0.2, 0.25) is 0 Å². The molecule has 3 N–H and O–H groups in total. The molecule has 0 unspecified atom stereocenters. The number of aromatic nitrogens is 1. The lowest BCUT2D eigenvalue weighted by molar-refractivity contribution is 0.0947. The minimum atomic E-state index is -0.602. The zero-order valence-electron chi connectivity index (χ0n) is 10.9. The van der Waals surface area contributed by atoms with E-state index in [-0.39, 0.29) is 11.3 Å². The molecule has 0 spiro atoms. The van der Waals surface area contributed by atoms with E-state index in [1.807, 2.05) is 17.5 Å². The molecular formula is C15H12N2O3S. The maximum atomic E-state index is 12.1. The standard InChI is InChI=1S/C15H12N2O3S/c18-13-10-5-1-2-6-11(10)17-15(20)12(13)14(19)16-8-9-4-3-7-21-9/h1-7H,8H2,(H,16,19)(H2,17,18,20). The molecule has 0 aliphatic heterocycles. The summed E-state index contributed by atoms with van der Waals surface area (Å²) in [5, 5.41) is 15.2. The van der Waals surface area contributed by atoms with Gasteiger partial charge in [-0.1, -0.05) is 18.2 Å². The number of pyridine rings is 1. The SMILES string of the molecule is O=C(NCc1cccs1)c1c(O)c2ccccc2[nH]c1=O. The summed E-state index contributed by atoms with van der Waals surface area (Å²) in [5.74, 6) is -0.883. The van der Waals surface area contributed by atoms with Crippen LogP contribution in [0.15, 0.2) is 46.6 Å². The van der Waals surface area contributed by atoms with Crippen molar-refractivity contribution in [3.63, 3.8) is 0 Å². The van der Waals surface area contributed by atoms with Gasteiger partial charge < -0.3 is 15.4 Å². The van der Waals surface area contributed by atoms with Crippen LogP contribution in [0.4, 0.5) is 0 Å². The molecule has 5 nitrogen and oxygen atoms in total. The lowest BCUT2D eigenvalue weighted by atomic mass is 10.1. The Bertz CT molecular complexity index is 853. The van der Waals surface area contributed by atoms with Crippen LogP contribution in [0, 0.1) is 0 Å². The molecule has 2 heterocycles. The average Bonchev–Trinajstić information content (AvgIpc) is 2.98. The van der Waals surface area contributed by atoms with Crippen molar-refractivity contribution in [2.24, 2.45) is 0 Å². The third kappa shape index (κ3) is 2.53. The Morgan fingerprint density at radius 2 is 2.05 bits per heavy atom. The molecule has 0 aliphatic rings. The van der Waals surface area contributed by atoms with Gasteiger partial charge in [-0.3, -0.25) is 9.59 Å². The molecule has 0 aliphatic carbocycles. The van der Waals surface area contributed by atoms with Gasteiger partial charge >= 0.3 is 0 Å². The van der Waals surface area contributed by atoms with E-state index < -0.39 is 11.5 Å². The summed E-state index contributed by atoms with van der Waals surface area (Å²) in [6.07, 6.45) is 0. The monoisotopic (exact) mass is 300 g/mol. The van der Waals surface area contributed by atoms with Gasteiger partial charge in [-0.15, -0.1) is 11.3 Å². The summed E-state index contributed by atoms with van der Waals surface area (Å²) in [7, 11) is 0. The van der Waals surface area contributed by atoms with Gasteiger partial charge in [0.1, 0.15) is 11.3 Å². The first-order chi connectivity index (χ1) is 10.2. The van der Waals surface area contributed by atoms with Crippen LogP contribution in [0.3, 0.4) is 0 Å². The van der Waals surface area contributed by atoms with Crippen molar-refractivity contribution in [1.29, 1.82) is 0 Å². The third-order valence-electron chi connectivity index (χ3n) is 3.12. The van der Waals surface area contributed by atoms with Gasteiger partial charge in [0.15, 0.2) is 0 Å². The highest BCUT2D eigenvalue weighted by molar-refractivity contribution is 7.09.